The molecule has 1 heterocycles. The SMILES string of the molecule is CCCn1nc(-c2ccc(OC)cc2OC)cc1C(=O)Nc1cccc(Cl)c1. The third-order valence-corrected chi connectivity index (χ3v) is 4.45. The van der Waals surface area contributed by atoms with Crippen molar-refractivity contribution in [2.75, 3.05) is 19.5 Å². The first-order chi connectivity index (χ1) is 13.5. The fraction of sp³-hybridized carbons (Fsp3) is 0.238. The van der Waals surface area contributed by atoms with Gasteiger partial charge < -0.3 is 14.8 Å². The lowest BCUT2D eigenvalue weighted by molar-refractivity contribution is 0.101. The molecule has 3 rings (SSSR count). The molecule has 0 unspecified atom stereocenters. The number of ether oxygens (including phenoxy) is 2. The number of nitrogens with one attached hydrogen (secondary N) is 1. The average molecular weight is 400 g/mol. The van der Waals surface area contributed by atoms with Gasteiger partial charge in [-0.25, -0.2) is 0 Å². The molecule has 1 aromatic heterocycles. The van der Waals surface area contributed by atoms with Gasteiger partial charge in [-0.2, -0.15) is 5.10 Å². The van der Waals surface area contributed by atoms with E-state index in [2.05, 4.69) is 10.4 Å². The van der Waals surface area contributed by atoms with Crippen molar-refractivity contribution in [3.8, 4) is 22.8 Å². The van der Waals surface area contributed by atoms with Gasteiger partial charge in [0.2, 0.25) is 0 Å². The molecule has 0 fully saturated rings. The molecule has 7 heteroatoms. The zero-order chi connectivity index (χ0) is 20.1. The third-order valence-electron chi connectivity index (χ3n) is 4.22. The van der Waals surface area contributed by atoms with Gasteiger partial charge in [-0.1, -0.05) is 24.6 Å². The number of hydrogen-bond donors (Lipinski definition) is 1. The summed E-state index contributed by atoms with van der Waals surface area (Å²) in [5.74, 6) is 1.07. The van der Waals surface area contributed by atoms with E-state index in [0.717, 1.165) is 12.0 Å². The Bertz CT molecular complexity index is 985. The maximum Gasteiger partial charge on any atom is 0.273 e. The van der Waals surface area contributed by atoms with Crippen molar-refractivity contribution < 1.29 is 14.3 Å². The van der Waals surface area contributed by atoms with Gasteiger partial charge in [-0.05, 0) is 42.8 Å². The first-order valence-electron chi connectivity index (χ1n) is 8.93. The fourth-order valence-electron chi connectivity index (χ4n) is 2.88. The summed E-state index contributed by atoms with van der Waals surface area (Å²) in [5, 5.41) is 8.06. The molecular formula is C21H22ClN3O3. The molecule has 1 N–H and O–H groups in total. The number of nitrogens with zero attached hydrogens (tertiary/aromatic N) is 2. The predicted molar refractivity (Wildman–Crippen MR) is 110 cm³/mol. The van der Waals surface area contributed by atoms with E-state index in [1.54, 1.807) is 55.3 Å². The monoisotopic (exact) mass is 399 g/mol. The zero-order valence-electron chi connectivity index (χ0n) is 16.0. The second-order valence-electron chi connectivity index (χ2n) is 6.17. The van der Waals surface area contributed by atoms with Gasteiger partial charge in [-0.3, -0.25) is 9.48 Å². The standard InChI is InChI=1S/C21H22ClN3O3/c1-4-10-25-19(21(26)23-15-7-5-6-14(22)11-15)13-18(24-25)17-9-8-16(27-2)12-20(17)28-3/h5-9,11-13H,4,10H2,1-3H3,(H,23,26). The highest BCUT2D eigenvalue weighted by molar-refractivity contribution is 6.30. The van der Waals surface area contributed by atoms with E-state index in [-0.39, 0.29) is 5.91 Å². The van der Waals surface area contributed by atoms with Gasteiger partial charge in [0, 0.05) is 28.9 Å². The maximum atomic E-state index is 12.9. The Hall–Kier alpha value is -2.99. The van der Waals surface area contributed by atoms with Gasteiger partial charge in [0.05, 0.1) is 19.9 Å². The molecule has 0 atom stereocenters. The Morgan fingerprint density at radius 3 is 2.64 bits per heavy atom. The maximum absolute atomic E-state index is 12.9. The van der Waals surface area contributed by atoms with Crippen LogP contribution in [0.15, 0.2) is 48.5 Å². The van der Waals surface area contributed by atoms with Crippen LogP contribution in [0.4, 0.5) is 5.69 Å². The lowest BCUT2D eigenvalue weighted by Crippen LogP contribution is -2.17. The zero-order valence-corrected chi connectivity index (χ0v) is 16.8. The van der Waals surface area contributed by atoms with Gasteiger partial charge in [0.25, 0.3) is 5.91 Å². The van der Waals surface area contributed by atoms with Crippen molar-refractivity contribution in [1.82, 2.24) is 9.78 Å². The minimum Gasteiger partial charge on any atom is -0.497 e. The normalized spacial score (nSPS) is 10.6. The molecule has 2 aromatic carbocycles. The third kappa shape index (κ3) is 4.28. The second-order valence-corrected chi connectivity index (χ2v) is 6.61. The summed E-state index contributed by atoms with van der Waals surface area (Å²) in [5.41, 5.74) is 2.54. The largest absolute Gasteiger partial charge is 0.497 e. The van der Waals surface area contributed by atoms with Gasteiger partial charge in [0.15, 0.2) is 0 Å². The van der Waals surface area contributed by atoms with Crippen LogP contribution in [0.5, 0.6) is 11.5 Å². The number of carbonyl (C=O) groups excluding carboxylic acids is 1. The van der Waals surface area contributed by atoms with E-state index in [1.807, 2.05) is 19.1 Å². The number of benzene rings is 2. The molecule has 0 bridgehead atoms. The molecule has 0 spiro atoms. The minimum atomic E-state index is -0.248. The van der Waals surface area contributed by atoms with Crippen LogP contribution in [0, 0.1) is 0 Å². The first kappa shape index (κ1) is 19.8. The summed E-state index contributed by atoms with van der Waals surface area (Å²) < 4.78 is 12.4. The number of hydrogen-bond acceptors (Lipinski definition) is 4. The van der Waals surface area contributed by atoms with Crippen LogP contribution in [0.25, 0.3) is 11.3 Å². The summed E-state index contributed by atoms with van der Waals surface area (Å²) >= 11 is 6.00. The summed E-state index contributed by atoms with van der Waals surface area (Å²) in [6, 6.07) is 14.3. The number of aryl methyl sites for hydroxylation is 1. The Balaban J connectivity index is 1.97. The average Bonchev–Trinajstić information content (AvgIpc) is 3.11. The van der Waals surface area contributed by atoms with Crippen molar-refractivity contribution in [1.29, 1.82) is 0 Å². The summed E-state index contributed by atoms with van der Waals surface area (Å²) in [7, 11) is 3.19. The molecule has 0 aliphatic rings. The predicted octanol–water partition coefficient (Wildman–Crippen LogP) is 4.88. The highest BCUT2D eigenvalue weighted by atomic mass is 35.5. The number of carbonyl (C=O) groups is 1. The highest BCUT2D eigenvalue weighted by Crippen LogP contribution is 2.33. The number of amides is 1. The minimum absolute atomic E-state index is 0.248. The van der Waals surface area contributed by atoms with Crippen molar-refractivity contribution in [3.63, 3.8) is 0 Å². The van der Waals surface area contributed by atoms with Gasteiger partial charge in [0.1, 0.15) is 17.2 Å². The molecule has 0 radical (unpaired) electrons. The van der Waals surface area contributed by atoms with Crippen molar-refractivity contribution in [2.24, 2.45) is 0 Å². The topological polar surface area (TPSA) is 65.4 Å². The molecule has 0 saturated carbocycles. The van der Waals surface area contributed by atoms with E-state index in [9.17, 15) is 4.79 Å². The van der Waals surface area contributed by atoms with Crippen LogP contribution in [0.2, 0.25) is 5.02 Å². The molecule has 0 saturated heterocycles. The number of halogens is 1. The Morgan fingerprint density at radius 2 is 1.96 bits per heavy atom. The van der Waals surface area contributed by atoms with Crippen LogP contribution >= 0.6 is 11.6 Å². The molecule has 0 aliphatic carbocycles. The Morgan fingerprint density at radius 1 is 1.14 bits per heavy atom. The van der Waals surface area contributed by atoms with Crippen LogP contribution in [-0.4, -0.2) is 29.9 Å². The van der Waals surface area contributed by atoms with Crippen LogP contribution < -0.4 is 14.8 Å². The lowest BCUT2D eigenvalue weighted by Gasteiger charge is -2.08. The lowest BCUT2D eigenvalue weighted by atomic mass is 10.1. The van der Waals surface area contributed by atoms with Crippen molar-refractivity contribution in [2.45, 2.75) is 19.9 Å². The fourth-order valence-corrected chi connectivity index (χ4v) is 3.08. The van der Waals surface area contributed by atoms with Gasteiger partial charge in [-0.15, -0.1) is 0 Å². The number of anilines is 1. The highest BCUT2D eigenvalue weighted by Gasteiger charge is 2.18. The number of aromatic nitrogens is 2. The van der Waals surface area contributed by atoms with Crippen LogP contribution in [-0.2, 0) is 6.54 Å². The van der Waals surface area contributed by atoms with Crippen molar-refractivity contribution >= 4 is 23.2 Å². The smallest absolute Gasteiger partial charge is 0.273 e. The van der Waals surface area contributed by atoms with E-state index in [1.165, 1.54) is 0 Å². The summed E-state index contributed by atoms with van der Waals surface area (Å²) in [6.07, 6.45) is 0.846. The number of rotatable bonds is 7. The molecular weight excluding hydrogens is 378 g/mol. The summed E-state index contributed by atoms with van der Waals surface area (Å²) in [4.78, 5) is 12.9. The Labute approximate surface area is 169 Å². The number of methoxy groups -OCH3 is 2. The molecule has 1 amide bonds. The molecule has 28 heavy (non-hydrogen) atoms. The van der Waals surface area contributed by atoms with E-state index in [0.29, 0.717) is 40.1 Å². The van der Waals surface area contributed by atoms with E-state index >= 15 is 0 Å². The quantitative estimate of drug-likeness (QED) is 0.614. The Kier molecular flexibility index (Phi) is 6.21. The molecule has 146 valence electrons. The second kappa shape index (κ2) is 8.80. The summed E-state index contributed by atoms with van der Waals surface area (Å²) in [6.45, 7) is 2.66. The molecule has 3 aromatic rings. The van der Waals surface area contributed by atoms with E-state index < -0.39 is 0 Å². The van der Waals surface area contributed by atoms with Gasteiger partial charge >= 0.3 is 0 Å². The molecule has 6 nitrogen and oxygen atoms in total. The van der Waals surface area contributed by atoms with E-state index in [4.69, 9.17) is 21.1 Å². The first-order valence-corrected chi connectivity index (χ1v) is 9.30. The molecule has 0 aliphatic heterocycles. The van der Waals surface area contributed by atoms with Crippen molar-refractivity contribution in [3.05, 3.63) is 59.2 Å². The van der Waals surface area contributed by atoms with Crippen LogP contribution in [0.1, 0.15) is 23.8 Å². The van der Waals surface area contributed by atoms with Crippen LogP contribution in [0.3, 0.4) is 0 Å².